The van der Waals surface area contributed by atoms with Crippen LogP contribution < -0.4 is 16.4 Å². The van der Waals surface area contributed by atoms with Gasteiger partial charge in [-0.2, -0.15) is 0 Å². The Bertz CT molecular complexity index is 524. The van der Waals surface area contributed by atoms with E-state index in [1.807, 2.05) is 13.8 Å². The van der Waals surface area contributed by atoms with E-state index < -0.39 is 17.7 Å². The first-order valence-corrected chi connectivity index (χ1v) is 7.19. The number of benzene rings is 1. The monoisotopic (exact) mass is 306 g/mol. The number of nitrogens with one attached hydrogen (secondary N) is 2. The molecule has 120 valence electrons. The van der Waals surface area contributed by atoms with Crippen LogP contribution in [0.2, 0.25) is 0 Å². The Hall–Kier alpha value is -2.41. The van der Waals surface area contributed by atoms with E-state index in [0.29, 0.717) is 24.3 Å². The first-order valence-electron chi connectivity index (χ1n) is 7.19. The zero-order valence-electron chi connectivity index (χ0n) is 12.9. The summed E-state index contributed by atoms with van der Waals surface area (Å²) in [6.07, 6.45) is 0. The molecule has 0 saturated carbocycles. The Labute approximate surface area is 129 Å². The van der Waals surface area contributed by atoms with Crippen LogP contribution in [-0.4, -0.2) is 48.8 Å². The molecular weight excluding hydrogens is 284 g/mol. The molecule has 0 radical (unpaired) electrons. The molecule has 1 aromatic carbocycles. The first-order chi connectivity index (χ1) is 10.5. The number of carbonyl (C=O) groups excluding carboxylic acids is 3. The normalized spacial score (nSPS) is 10.3. The van der Waals surface area contributed by atoms with Crippen LogP contribution in [0.5, 0.6) is 0 Å². The first kappa shape index (κ1) is 17.6. The molecule has 0 atom stereocenters. The molecule has 0 saturated heterocycles. The largest absolute Gasteiger partial charge is 0.366 e. The number of carbonyl (C=O) groups is 3. The summed E-state index contributed by atoms with van der Waals surface area (Å²) in [5, 5.41) is 5.02. The lowest BCUT2D eigenvalue weighted by Crippen LogP contribution is -2.40. The maximum Gasteiger partial charge on any atom is 0.313 e. The molecule has 4 N–H and O–H groups in total. The van der Waals surface area contributed by atoms with Crippen LogP contribution in [-0.2, 0) is 9.59 Å². The third kappa shape index (κ3) is 5.53. The third-order valence-corrected chi connectivity index (χ3v) is 3.24. The van der Waals surface area contributed by atoms with Crippen molar-refractivity contribution in [2.75, 3.05) is 31.5 Å². The number of amides is 3. The fraction of sp³-hybridized carbons (Fsp3) is 0.400. The molecule has 22 heavy (non-hydrogen) atoms. The smallest absolute Gasteiger partial charge is 0.313 e. The van der Waals surface area contributed by atoms with Crippen molar-refractivity contribution in [2.45, 2.75) is 13.8 Å². The molecule has 3 amide bonds. The highest BCUT2D eigenvalue weighted by molar-refractivity contribution is 6.39. The lowest BCUT2D eigenvalue weighted by molar-refractivity contribution is -0.136. The quantitative estimate of drug-likeness (QED) is 0.625. The highest BCUT2D eigenvalue weighted by Crippen LogP contribution is 2.08. The van der Waals surface area contributed by atoms with Crippen LogP contribution in [0.3, 0.4) is 0 Å². The van der Waals surface area contributed by atoms with Gasteiger partial charge in [0.15, 0.2) is 0 Å². The van der Waals surface area contributed by atoms with Gasteiger partial charge in [0.05, 0.1) is 0 Å². The number of nitrogens with zero attached hydrogens (tertiary/aromatic N) is 1. The van der Waals surface area contributed by atoms with Crippen molar-refractivity contribution in [3.05, 3.63) is 29.8 Å². The molecule has 0 aromatic heterocycles. The van der Waals surface area contributed by atoms with E-state index in [0.717, 1.165) is 13.1 Å². The summed E-state index contributed by atoms with van der Waals surface area (Å²) < 4.78 is 0. The molecule has 7 heteroatoms. The van der Waals surface area contributed by atoms with Crippen molar-refractivity contribution in [3.63, 3.8) is 0 Å². The van der Waals surface area contributed by atoms with Gasteiger partial charge in [-0.15, -0.1) is 0 Å². The molecule has 0 fully saturated rings. The molecule has 0 unspecified atom stereocenters. The molecule has 7 nitrogen and oxygen atoms in total. The van der Waals surface area contributed by atoms with Crippen molar-refractivity contribution >= 4 is 23.4 Å². The van der Waals surface area contributed by atoms with Gasteiger partial charge in [-0.05, 0) is 37.4 Å². The van der Waals surface area contributed by atoms with E-state index in [-0.39, 0.29) is 0 Å². The van der Waals surface area contributed by atoms with Crippen LogP contribution in [0.1, 0.15) is 24.2 Å². The van der Waals surface area contributed by atoms with Crippen LogP contribution in [0.4, 0.5) is 5.69 Å². The van der Waals surface area contributed by atoms with Gasteiger partial charge in [0, 0.05) is 24.3 Å². The molecule has 0 heterocycles. The van der Waals surface area contributed by atoms with Gasteiger partial charge in [0.25, 0.3) is 0 Å². The number of nitrogens with two attached hydrogens (primary N) is 1. The van der Waals surface area contributed by atoms with E-state index in [1.165, 1.54) is 24.3 Å². The van der Waals surface area contributed by atoms with Gasteiger partial charge in [-0.25, -0.2) is 0 Å². The van der Waals surface area contributed by atoms with Crippen LogP contribution in [0.15, 0.2) is 24.3 Å². The third-order valence-electron chi connectivity index (χ3n) is 3.24. The Morgan fingerprint density at radius 1 is 1.05 bits per heavy atom. The number of hydrogen-bond donors (Lipinski definition) is 3. The maximum absolute atomic E-state index is 11.7. The number of primary amides is 1. The summed E-state index contributed by atoms with van der Waals surface area (Å²) in [5.41, 5.74) is 5.88. The van der Waals surface area contributed by atoms with E-state index in [2.05, 4.69) is 15.5 Å². The zero-order valence-corrected chi connectivity index (χ0v) is 12.9. The van der Waals surface area contributed by atoms with Gasteiger partial charge >= 0.3 is 11.8 Å². The number of likely N-dealkylation sites (N-methyl/N-ethyl adjacent to an activating group) is 1. The summed E-state index contributed by atoms with van der Waals surface area (Å²) in [4.78, 5) is 36.5. The number of rotatable bonds is 7. The highest BCUT2D eigenvalue weighted by Gasteiger charge is 2.13. The topological polar surface area (TPSA) is 105 Å². The minimum atomic E-state index is -0.744. The van der Waals surface area contributed by atoms with Crippen LogP contribution >= 0.6 is 0 Å². The summed E-state index contributed by atoms with van der Waals surface area (Å²) in [6, 6.07) is 5.99. The Morgan fingerprint density at radius 2 is 1.64 bits per heavy atom. The predicted octanol–water partition coefficient (Wildman–Crippen LogP) is 0.182. The zero-order chi connectivity index (χ0) is 16.5. The van der Waals surface area contributed by atoms with Gasteiger partial charge in [-0.1, -0.05) is 13.8 Å². The maximum atomic E-state index is 11.7. The minimum Gasteiger partial charge on any atom is -0.366 e. The van der Waals surface area contributed by atoms with Gasteiger partial charge in [0.2, 0.25) is 5.91 Å². The van der Waals surface area contributed by atoms with Gasteiger partial charge < -0.3 is 21.3 Å². The average Bonchev–Trinajstić information content (AvgIpc) is 2.51. The van der Waals surface area contributed by atoms with Crippen molar-refractivity contribution in [3.8, 4) is 0 Å². The van der Waals surface area contributed by atoms with E-state index in [1.54, 1.807) is 0 Å². The lowest BCUT2D eigenvalue weighted by atomic mass is 10.2. The van der Waals surface area contributed by atoms with Crippen molar-refractivity contribution in [1.82, 2.24) is 10.2 Å². The fourth-order valence-electron chi connectivity index (χ4n) is 1.85. The van der Waals surface area contributed by atoms with Gasteiger partial charge in [-0.3, -0.25) is 14.4 Å². The standard InChI is InChI=1S/C15H22N4O3/c1-3-19(4-2)10-9-17-14(21)15(22)18-12-7-5-11(6-8-12)13(16)20/h5-8H,3-4,9-10H2,1-2H3,(H2,16,20)(H,17,21)(H,18,22). The molecule has 0 spiro atoms. The van der Waals surface area contributed by atoms with Crippen LogP contribution in [0, 0.1) is 0 Å². The second-order valence-corrected chi connectivity index (χ2v) is 4.68. The van der Waals surface area contributed by atoms with Crippen molar-refractivity contribution in [1.29, 1.82) is 0 Å². The summed E-state index contributed by atoms with van der Waals surface area (Å²) in [6.45, 7) is 6.96. The van der Waals surface area contributed by atoms with Gasteiger partial charge in [0.1, 0.15) is 0 Å². The second kappa shape index (κ2) is 8.78. The second-order valence-electron chi connectivity index (χ2n) is 4.68. The van der Waals surface area contributed by atoms with Crippen molar-refractivity contribution < 1.29 is 14.4 Å². The predicted molar refractivity (Wildman–Crippen MR) is 84.4 cm³/mol. The molecule has 0 aliphatic rings. The minimum absolute atomic E-state index is 0.335. The average molecular weight is 306 g/mol. The fourth-order valence-corrected chi connectivity index (χ4v) is 1.85. The summed E-state index contributed by atoms with van der Waals surface area (Å²) in [5.74, 6) is -1.98. The number of anilines is 1. The SMILES string of the molecule is CCN(CC)CCNC(=O)C(=O)Nc1ccc(C(N)=O)cc1. The van der Waals surface area contributed by atoms with Crippen LogP contribution in [0.25, 0.3) is 0 Å². The molecular formula is C15H22N4O3. The Kier molecular flexibility index (Phi) is 7.04. The lowest BCUT2D eigenvalue weighted by Gasteiger charge is -2.17. The molecule has 0 aliphatic carbocycles. The summed E-state index contributed by atoms with van der Waals surface area (Å²) >= 11 is 0. The Morgan fingerprint density at radius 3 is 2.14 bits per heavy atom. The van der Waals surface area contributed by atoms with Crippen molar-refractivity contribution in [2.24, 2.45) is 5.73 Å². The summed E-state index contributed by atoms with van der Waals surface area (Å²) in [7, 11) is 0. The molecule has 0 bridgehead atoms. The Balaban J connectivity index is 2.43. The molecule has 1 rings (SSSR count). The van der Waals surface area contributed by atoms with E-state index in [4.69, 9.17) is 5.73 Å². The van der Waals surface area contributed by atoms with E-state index in [9.17, 15) is 14.4 Å². The highest BCUT2D eigenvalue weighted by atomic mass is 16.2. The molecule has 0 aliphatic heterocycles. The van der Waals surface area contributed by atoms with E-state index >= 15 is 0 Å². The number of hydrogen-bond acceptors (Lipinski definition) is 4. The molecule has 1 aromatic rings.